The molecule has 496 valence electrons. The molecule has 2 heterocycles. The van der Waals surface area contributed by atoms with Crippen molar-refractivity contribution in [3.63, 3.8) is 0 Å². The molecule has 1 aromatic rings. The van der Waals surface area contributed by atoms with Crippen LogP contribution >= 0.6 is 0 Å². The lowest BCUT2D eigenvalue weighted by molar-refractivity contribution is -0.343. The summed E-state index contributed by atoms with van der Waals surface area (Å²) in [5.74, 6) is 0.0182. The summed E-state index contributed by atoms with van der Waals surface area (Å²) in [6.07, 6.45) is 2.02. The van der Waals surface area contributed by atoms with Gasteiger partial charge >= 0.3 is 17.9 Å². The van der Waals surface area contributed by atoms with Crippen LogP contribution in [-0.4, -0.2) is 149 Å². The van der Waals surface area contributed by atoms with Gasteiger partial charge in [-0.05, 0) is 159 Å². The van der Waals surface area contributed by atoms with Crippen LogP contribution in [0, 0.1) is 45.8 Å². The van der Waals surface area contributed by atoms with E-state index < -0.39 is 109 Å². The first-order chi connectivity index (χ1) is 41.6. The molecule has 19 heteroatoms. The van der Waals surface area contributed by atoms with Crippen LogP contribution in [0.2, 0.25) is 54.4 Å². The molecule has 7 fully saturated rings. The molecule has 0 bridgehead atoms. The lowest BCUT2D eigenvalue weighted by Gasteiger charge is -2.61. The van der Waals surface area contributed by atoms with Crippen LogP contribution < -0.4 is 4.74 Å². The van der Waals surface area contributed by atoms with Gasteiger partial charge in [0.05, 0.1) is 56.9 Å². The molecule has 5 saturated carbocycles. The molecule has 87 heavy (non-hydrogen) atoms. The van der Waals surface area contributed by atoms with E-state index in [1.165, 1.54) is 26.2 Å². The second-order valence-corrected chi connectivity index (χ2v) is 42.2. The molecule has 5 aliphatic carbocycles. The molecule has 16 nitrogen and oxygen atoms in total. The third-order valence-corrected chi connectivity index (χ3v) is 38.8. The molecular formula is C68H116O16Si3. The topological polar surface area (TPSA) is 182 Å². The van der Waals surface area contributed by atoms with E-state index in [1.54, 1.807) is 31.4 Å². The molecule has 0 aromatic heterocycles. The number of hydrogen-bond acceptors (Lipinski definition) is 16. The van der Waals surface area contributed by atoms with Crippen molar-refractivity contribution in [1.29, 1.82) is 0 Å². The van der Waals surface area contributed by atoms with Crippen molar-refractivity contribution in [2.45, 2.75) is 295 Å². The molecule has 19 atom stereocenters. The fourth-order valence-corrected chi connectivity index (χ4v) is 27.2. The smallest absolute Gasteiger partial charge is 0.338 e. The quantitative estimate of drug-likeness (QED) is 0.0311. The van der Waals surface area contributed by atoms with E-state index in [2.05, 4.69) is 83.1 Å². The van der Waals surface area contributed by atoms with Crippen LogP contribution in [0.4, 0.5) is 0 Å². The van der Waals surface area contributed by atoms with Crippen molar-refractivity contribution < 1.29 is 75.4 Å². The zero-order valence-corrected chi connectivity index (χ0v) is 59.5. The summed E-state index contributed by atoms with van der Waals surface area (Å²) in [5.41, 5.74) is -1.56. The Bertz CT molecular complexity index is 2380. The molecule has 0 radical (unpaired) electrons. The number of carbonyl (C=O) groups is 3. The standard InChI is InChI=1S/C68H116O16Si3/c1-17-27-28-29-30-57(70)75-42-45(11)68(72)56(40-52-50-39-55(74-16)67-41-48(67)35-37-65(67,13)51(50)36-38-66(52,68)14)79-63-60(78-46(12)69)58(53(43-76-63)82-85(18-2,19-3)20-4)81-64-61(80-62(71)47-31-33-49(73-15)34-32-47)59(84-87(24-8,25-9)26-10)54(44-77-64)83-86(21-5,22-6)23-7/h31-34,45,48,50-56,58-61,63-64,72H,17-30,35-44H2,1-16H3/t45-,48+,50-,51+,52+,53+,54-,55-,56+,58+,59+,60-,61-,63+,64+,65-,66+,67-,68-/m1/s1. The Morgan fingerprint density at radius 2 is 1.20 bits per heavy atom. The number of benzene rings is 1. The summed E-state index contributed by atoms with van der Waals surface area (Å²) in [6, 6.07) is 14.4. The van der Waals surface area contributed by atoms with Gasteiger partial charge in [-0.2, -0.15) is 0 Å². The first-order valence-electron chi connectivity index (χ1n) is 34.6. The predicted molar refractivity (Wildman–Crippen MR) is 343 cm³/mol. The van der Waals surface area contributed by atoms with Crippen LogP contribution in [0.15, 0.2) is 24.3 Å². The SMILES string of the molecule is CCCCCCC(=O)OC[C@@H](C)[C@@]1(O)[C@@H](O[C@@H]2OC[C@H](O[Si](CC)(CC)CC)[C@H](O[C@@H]3OC[C@@H](O[Si](CC)(CC)CC)[C@H](O[Si](CC)(CC)CC)[C@H]3OC(=O)c3ccc(OC)cc3)[C@H]2OC(C)=O)C[C@H]2[C@@H]3C[C@@H](OC)[C@@]45C[C@@H]4CC[C@]5(C)[C@H]3CC[C@@]21C. The normalized spacial score (nSPS) is 36.8. The molecule has 0 unspecified atom stereocenters. The average molecular weight is 1270 g/mol. The Morgan fingerprint density at radius 3 is 1.74 bits per heavy atom. The Balaban J connectivity index is 1.21. The molecule has 0 amide bonds. The number of aliphatic hydroxyl groups is 1. The van der Waals surface area contributed by atoms with Gasteiger partial charge in [0.1, 0.15) is 23.6 Å². The third kappa shape index (κ3) is 13.5. The van der Waals surface area contributed by atoms with Crippen LogP contribution in [0.25, 0.3) is 0 Å². The Labute approximate surface area is 526 Å². The minimum Gasteiger partial charge on any atom is -0.497 e. The summed E-state index contributed by atoms with van der Waals surface area (Å²) in [7, 11) is -3.88. The average Bonchev–Trinajstić information content (AvgIpc) is 1.49. The first-order valence-corrected chi connectivity index (χ1v) is 42.2. The molecule has 8 rings (SSSR count). The first kappa shape index (κ1) is 70.6. The van der Waals surface area contributed by atoms with Crippen molar-refractivity contribution in [1.82, 2.24) is 0 Å². The highest BCUT2D eigenvalue weighted by Gasteiger charge is 2.79. The van der Waals surface area contributed by atoms with E-state index in [4.69, 9.17) is 55.9 Å². The molecule has 1 aromatic carbocycles. The Morgan fingerprint density at radius 1 is 0.644 bits per heavy atom. The van der Waals surface area contributed by atoms with E-state index >= 15 is 0 Å². The van der Waals surface area contributed by atoms with E-state index in [0.717, 1.165) is 99.3 Å². The second kappa shape index (κ2) is 29.3. The lowest BCUT2D eigenvalue weighted by atomic mass is 9.44. The maximum Gasteiger partial charge on any atom is 0.338 e. The number of carbonyl (C=O) groups excluding carboxylic acids is 3. The fraction of sp³-hybridized carbons (Fsp3) is 0.868. The van der Waals surface area contributed by atoms with Gasteiger partial charge in [-0.25, -0.2) is 4.79 Å². The van der Waals surface area contributed by atoms with Gasteiger partial charge in [0, 0.05) is 37.2 Å². The highest BCUT2D eigenvalue weighted by molar-refractivity contribution is 6.74. The minimum atomic E-state index is -2.51. The molecule has 2 saturated heterocycles. The minimum absolute atomic E-state index is 0.00451. The van der Waals surface area contributed by atoms with Gasteiger partial charge in [-0.15, -0.1) is 0 Å². The number of esters is 3. The molecule has 1 spiro atoms. The van der Waals surface area contributed by atoms with E-state index in [-0.39, 0.29) is 54.6 Å². The summed E-state index contributed by atoms with van der Waals surface area (Å²) in [5, 5.41) is 14.2. The van der Waals surface area contributed by atoms with Crippen LogP contribution in [0.3, 0.4) is 0 Å². The number of fused-ring (bicyclic) bond motifs is 4. The molecular weight excluding hydrogens is 1160 g/mol. The highest BCUT2D eigenvalue weighted by Crippen LogP contribution is 2.82. The predicted octanol–water partition coefficient (Wildman–Crippen LogP) is 14.0. The van der Waals surface area contributed by atoms with Crippen molar-refractivity contribution in [3.8, 4) is 5.75 Å². The van der Waals surface area contributed by atoms with Gasteiger partial charge in [-0.1, -0.05) is 109 Å². The van der Waals surface area contributed by atoms with Gasteiger partial charge in [0.15, 0.2) is 49.7 Å². The number of hydrogen-bond donors (Lipinski definition) is 1. The van der Waals surface area contributed by atoms with Gasteiger partial charge in [0.2, 0.25) is 0 Å². The van der Waals surface area contributed by atoms with E-state index in [0.29, 0.717) is 36.0 Å². The number of methoxy groups -OCH3 is 2. The Kier molecular flexibility index (Phi) is 23.8. The van der Waals surface area contributed by atoms with Gasteiger partial charge < -0.3 is 61.0 Å². The van der Waals surface area contributed by atoms with Gasteiger partial charge in [0.25, 0.3) is 0 Å². The summed E-state index contributed by atoms with van der Waals surface area (Å²) in [4.78, 5) is 42.3. The zero-order valence-electron chi connectivity index (χ0n) is 56.5. The van der Waals surface area contributed by atoms with Crippen molar-refractivity contribution >= 4 is 42.9 Å². The monoisotopic (exact) mass is 1270 g/mol. The van der Waals surface area contributed by atoms with Crippen LogP contribution in [0.5, 0.6) is 5.75 Å². The zero-order chi connectivity index (χ0) is 63.3. The molecule has 7 aliphatic rings. The highest BCUT2D eigenvalue weighted by atomic mass is 28.4. The molecule has 1 N–H and O–H groups in total. The van der Waals surface area contributed by atoms with E-state index in [1.807, 2.05) is 14.0 Å². The van der Waals surface area contributed by atoms with Crippen molar-refractivity contribution in [3.05, 3.63) is 29.8 Å². The van der Waals surface area contributed by atoms with E-state index in [9.17, 15) is 19.5 Å². The maximum atomic E-state index is 14.8. The van der Waals surface area contributed by atoms with Crippen molar-refractivity contribution in [2.75, 3.05) is 34.0 Å². The molecule has 2 aliphatic heterocycles. The van der Waals surface area contributed by atoms with Gasteiger partial charge in [-0.3, -0.25) is 9.59 Å². The summed E-state index contributed by atoms with van der Waals surface area (Å²) in [6.45, 7) is 30.1. The lowest BCUT2D eigenvalue weighted by Crippen LogP contribution is -2.66. The second-order valence-electron chi connectivity index (χ2n) is 28.1. The Hall–Kier alpha value is -2.28. The largest absolute Gasteiger partial charge is 0.497 e. The maximum absolute atomic E-state index is 14.8. The summed E-state index contributed by atoms with van der Waals surface area (Å²) >= 11 is 0. The fourth-order valence-electron chi connectivity index (χ4n) is 18.6. The van der Waals surface area contributed by atoms with Crippen LogP contribution in [0.1, 0.15) is 184 Å². The number of ether oxygens (including phenoxy) is 9. The number of unbranched alkanes of at least 4 members (excludes halogenated alkanes) is 3. The summed E-state index contributed by atoms with van der Waals surface area (Å²) < 4.78 is 82.9. The van der Waals surface area contributed by atoms with Crippen molar-refractivity contribution in [2.24, 2.45) is 45.8 Å². The van der Waals surface area contributed by atoms with Crippen LogP contribution in [-0.2, 0) is 60.8 Å². The number of rotatable bonds is 32. The third-order valence-electron chi connectivity index (χ3n) is 24.8.